The molecule has 4 atom stereocenters. The highest BCUT2D eigenvalue weighted by molar-refractivity contribution is 5.41. The zero-order valence-corrected chi connectivity index (χ0v) is 17.7. The third-order valence-electron chi connectivity index (χ3n) is 5.80. The quantitative estimate of drug-likeness (QED) is 0.631. The van der Waals surface area contributed by atoms with Gasteiger partial charge in [-0.1, -0.05) is 26.8 Å². The van der Waals surface area contributed by atoms with Crippen LogP contribution in [0.25, 0.3) is 0 Å². The number of halogens is 5. The van der Waals surface area contributed by atoms with Crippen LogP contribution >= 0.6 is 0 Å². The van der Waals surface area contributed by atoms with E-state index in [1.165, 1.54) is 19.1 Å². The maximum absolute atomic E-state index is 14.4. The number of benzene rings is 1. The standard InChI is InChI=1S/C22H24F5NO3/c1-9(2)16-11(4)28-14(8-15(16)29)20-17(10(3)21(31-20)22(25,26)27)12-6-7-13(23)18(24)19(12)30-5/h6-10,17,20-21H,1-5H3,(H,28,29)/t10-,17-,20-,21+/m1/s1. The average Bonchev–Trinajstić information content (AvgIpc) is 3.00. The van der Waals surface area contributed by atoms with Gasteiger partial charge in [0.05, 0.1) is 7.11 Å². The normalized spacial score (nSPS) is 24.1. The SMILES string of the molecule is COc1c([C@H]2[C@@H](C)[C@@H](C(F)(F)F)O[C@@H]2c2cc(=O)c(C(C)C)c(C)[nH]2)ccc(F)c1F. The monoisotopic (exact) mass is 445 g/mol. The van der Waals surface area contributed by atoms with Crippen LogP contribution in [-0.2, 0) is 4.74 Å². The molecule has 1 N–H and O–H groups in total. The predicted molar refractivity (Wildman–Crippen MR) is 104 cm³/mol. The molecule has 0 unspecified atom stereocenters. The smallest absolute Gasteiger partial charge is 0.414 e. The van der Waals surface area contributed by atoms with Gasteiger partial charge in [-0.2, -0.15) is 17.6 Å². The maximum Gasteiger partial charge on any atom is 0.414 e. The number of alkyl halides is 3. The first kappa shape index (κ1) is 23.2. The van der Waals surface area contributed by atoms with Crippen LogP contribution in [0.15, 0.2) is 23.0 Å². The minimum absolute atomic E-state index is 0.0390. The molecule has 0 aliphatic carbocycles. The highest BCUT2D eigenvalue weighted by atomic mass is 19.4. The van der Waals surface area contributed by atoms with Gasteiger partial charge in [0.1, 0.15) is 6.10 Å². The van der Waals surface area contributed by atoms with Gasteiger partial charge in [0, 0.05) is 40.4 Å². The largest absolute Gasteiger partial charge is 0.493 e. The first-order chi connectivity index (χ1) is 14.4. The molecule has 1 saturated heterocycles. The van der Waals surface area contributed by atoms with Crippen molar-refractivity contribution in [3.8, 4) is 5.75 Å². The molecule has 31 heavy (non-hydrogen) atoms. The Morgan fingerprint density at radius 2 is 1.84 bits per heavy atom. The van der Waals surface area contributed by atoms with Gasteiger partial charge >= 0.3 is 6.18 Å². The molecular formula is C22H24F5NO3. The van der Waals surface area contributed by atoms with Crippen LogP contribution < -0.4 is 10.2 Å². The third-order valence-corrected chi connectivity index (χ3v) is 5.80. The van der Waals surface area contributed by atoms with Crippen molar-refractivity contribution in [1.29, 1.82) is 0 Å². The molecule has 2 aromatic rings. The summed E-state index contributed by atoms with van der Waals surface area (Å²) in [6.07, 6.45) is -8.09. The van der Waals surface area contributed by atoms with Crippen LogP contribution in [0, 0.1) is 24.5 Å². The van der Waals surface area contributed by atoms with Crippen molar-refractivity contribution < 1.29 is 31.4 Å². The summed E-state index contributed by atoms with van der Waals surface area (Å²) in [5.41, 5.74) is 0.882. The summed E-state index contributed by atoms with van der Waals surface area (Å²) in [7, 11) is 1.11. The van der Waals surface area contributed by atoms with Gasteiger partial charge < -0.3 is 14.5 Å². The van der Waals surface area contributed by atoms with Crippen molar-refractivity contribution in [3.63, 3.8) is 0 Å². The fourth-order valence-corrected chi connectivity index (χ4v) is 4.53. The lowest BCUT2D eigenvalue weighted by molar-refractivity contribution is -0.223. The molecule has 0 saturated carbocycles. The second-order valence-electron chi connectivity index (χ2n) is 8.17. The van der Waals surface area contributed by atoms with E-state index in [2.05, 4.69) is 4.98 Å². The Labute approximate surface area is 176 Å². The number of pyridine rings is 1. The van der Waals surface area contributed by atoms with E-state index in [4.69, 9.17) is 9.47 Å². The zero-order chi connectivity index (χ0) is 23.2. The number of methoxy groups -OCH3 is 1. The lowest BCUT2D eigenvalue weighted by atomic mass is 9.81. The first-order valence-corrected chi connectivity index (χ1v) is 9.86. The van der Waals surface area contributed by atoms with E-state index in [-0.39, 0.29) is 22.6 Å². The molecule has 1 aromatic carbocycles. The van der Waals surface area contributed by atoms with Crippen LogP contribution in [-0.4, -0.2) is 24.4 Å². The van der Waals surface area contributed by atoms with Crippen molar-refractivity contribution in [3.05, 3.63) is 62.6 Å². The minimum Gasteiger partial charge on any atom is -0.493 e. The summed E-state index contributed by atoms with van der Waals surface area (Å²) >= 11 is 0. The lowest BCUT2D eigenvalue weighted by Gasteiger charge is -2.25. The molecule has 0 bridgehead atoms. The molecule has 3 rings (SSSR count). The number of rotatable bonds is 4. The van der Waals surface area contributed by atoms with Gasteiger partial charge in [-0.05, 0) is 18.9 Å². The number of nitrogens with one attached hydrogen (secondary N) is 1. The Hall–Kier alpha value is -2.42. The summed E-state index contributed by atoms with van der Waals surface area (Å²) in [4.78, 5) is 15.6. The first-order valence-electron chi connectivity index (χ1n) is 9.86. The van der Waals surface area contributed by atoms with Gasteiger partial charge in [-0.15, -0.1) is 0 Å². The van der Waals surface area contributed by atoms with Crippen LogP contribution in [0.5, 0.6) is 5.75 Å². The van der Waals surface area contributed by atoms with Crippen LogP contribution in [0.4, 0.5) is 22.0 Å². The second kappa shape index (κ2) is 8.26. The summed E-state index contributed by atoms with van der Waals surface area (Å²) in [6.45, 7) is 6.66. The molecule has 0 spiro atoms. The van der Waals surface area contributed by atoms with Gasteiger partial charge in [-0.25, -0.2) is 4.39 Å². The predicted octanol–water partition coefficient (Wildman–Crippen LogP) is 5.52. The van der Waals surface area contributed by atoms with Gasteiger partial charge in [-0.3, -0.25) is 4.79 Å². The molecule has 0 radical (unpaired) electrons. The fourth-order valence-electron chi connectivity index (χ4n) is 4.53. The molecule has 170 valence electrons. The van der Waals surface area contributed by atoms with E-state index in [9.17, 15) is 26.7 Å². The van der Waals surface area contributed by atoms with Crippen LogP contribution in [0.3, 0.4) is 0 Å². The average molecular weight is 445 g/mol. The van der Waals surface area contributed by atoms with Crippen molar-refractivity contribution in [2.24, 2.45) is 5.92 Å². The van der Waals surface area contributed by atoms with E-state index in [1.54, 1.807) is 6.92 Å². The highest BCUT2D eigenvalue weighted by Gasteiger charge is 2.56. The number of aryl methyl sites for hydroxylation is 1. The fraction of sp³-hybridized carbons (Fsp3) is 0.500. The Balaban J connectivity index is 2.21. The Morgan fingerprint density at radius 3 is 2.35 bits per heavy atom. The van der Waals surface area contributed by atoms with E-state index in [0.29, 0.717) is 11.3 Å². The van der Waals surface area contributed by atoms with Crippen molar-refractivity contribution >= 4 is 0 Å². The molecule has 1 fully saturated rings. The maximum atomic E-state index is 14.4. The number of aromatic nitrogens is 1. The Kier molecular flexibility index (Phi) is 6.19. The van der Waals surface area contributed by atoms with Crippen molar-refractivity contribution in [1.82, 2.24) is 4.98 Å². The number of aromatic amines is 1. The second-order valence-corrected chi connectivity index (χ2v) is 8.17. The summed E-state index contributed by atoms with van der Waals surface area (Å²) in [6, 6.07) is 3.26. The molecule has 1 aromatic heterocycles. The molecule has 4 nitrogen and oxygen atoms in total. The number of hydrogen-bond donors (Lipinski definition) is 1. The van der Waals surface area contributed by atoms with E-state index >= 15 is 0 Å². The van der Waals surface area contributed by atoms with E-state index in [0.717, 1.165) is 13.2 Å². The molecule has 0 amide bonds. The lowest BCUT2D eigenvalue weighted by Crippen LogP contribution is -2.33. The number of hydrogen-bond acceptors (Lipinski definition) is 3. The summed E-state index contributed by atoms with van der Waals surface area (Å²) in [5, 5.41) is 0. The Bertz CT molecular complexity index is 1030. The molecule has 1 aliphatic heterocycles. The number of H-pyrrole nitrogens is 1. The number of ether oxygens (including phenoxy) is 2. The molecule has 2 heterocycles. The van der Waals surface area contributed by atoms with E-state index in [1.807, 2.05) is 13.8 Å². The van der Waals surface area contributed by atoms with Crippen molar-refractivity contribution in [2.45, 2.75) is 57.9 Å². The van der Waals surface area contributed by atoms with Crippen molar-refractivity contribution in [2.75, 3.05) is 7.11 Å². The summed E-state index contributed by atoms with van der Waals surface area (Å²) in [5.74, 6) is -5.24. The highest BCUT2D eigenvalue weighted by Crippen LogP contribution is 2.54. The minimum atomic E-state index is -4.69. The topological polar surface area (TPSA) is 51.3 Å². The van der Waals surface area contributed by atoms with Gasteiger partial charge in [0.2, 0.25) is 5.82 Å². The van der Waals surface area contributed by atoms with Gasteiger partial charge in [0.15, 0.2) is 23.1 Å². The van der Waals surface area contributed by atoms with Gasteiger partial charge in [0.25, 0.3) is 0 Å². The summed E-state index contributed by atoms with van der Waals surface area (Å²) < 4.78 is 79.5. The third kappa shape index (κ3) is 4.07. The molecular weight excluding hydrogens is 421 g/mol. The van der Waals surface area contributed by atoms with Crippen LogP contribution in [0.2, 0.25) is 0 Å². The Morgan fingerprint density at radius 1 is 1.19 bits per heavy atom. The van der Waals surface area contributed by atoms with Crippen LogP contribution in [0.1, 0.15) is 61.2 Å². The van der Waals surface area contributed by atoms with E-state index < -0.39 is 47.6 Å². The molecule has 1 aliphatic rings. The molecule has 9 heteroatoms. The zero-order valence-electron chi connectivity index (χ0n) is 17.7.